The SMILES string of the molecule is CCCCNc1ncc2c(-c3ccc(S(=O)(=O)NC4CCCCC4)cc3)nn(C3CCC(=O)CC3)c2n1. The smallest absolute Gasteiger partial charge is 0.240 e. The number of ketones is 1. The van der Waals surface area contributed by atoms with Crippen molar-refractivity contribution in [3.8, 4) is 11.3 Å². The van der Waals surface area contributed by atoms with Crippen molar-refractivity contribution >= 4 is 32.8 Å². The topological polar surface area (TPSA) is 119 Å². The predicted octanol–water partition coefficient (Wildman–Crippen LogP) is 5.00. The molecule has 0 unspecified atom stereocenters. The lowest BCUT2D eigenvalue weighted by atomic mass is 9.94. The summed E-state index contributed by atoms with van der Waals surface area (Å²) < 4.78 is 30.7. The van der Waals surface area contributed by atoms with Crippen molar-refractivity contribution in [3.05, 3.63) is 30.5 Å². The Balaban J connectivity index is 1.45. The van der Waals surface area contributed by atoms with Gasteiger partial charge in [0.15, 0.2) is 5.65 Å². The highest BCUT2D eigenvalue weighted by molar-refractivity contribution is 7.89. The molecule has 0 spiro atoms. The molecule has 10 heteroatoms. The molecule has 9 nitrogen and oxygen atoms in total. The molecule has 2 saturated carbocycles. The first kappa shape index (κ1) is 25.8. The standard InChI is InChI=1S/C27H36N6O3S/c1-2-3-17-28-27-29-18-24-25(31-33(26(24)30-27)21-11-13-22(34)14-12-21)19-9-15-23(16-10-19)37(35,36)32-20-7-5-4-6-8-20/h9-10,15-16,18,20-21,32H,2-8,11-14,17H2,1H3,(H,28,29,30). The number of anilines is 1. The molecule has 0 amide bonds. The van der Waals surface area contributed by atoms with Crippen molar-refractivity contribution < 1.29 is 13.2 Å². The van der Waals surface area contributed by atoms with Gasteiger partial charge in [0.25, 0.3) is 0 Å². The molecule has 1 aromatic carbocycles. The van der Waals surface area contributed by atoms with Crippen LogP contribution in [0.15, 0.2) is 35.4 Å². The number of aromatic nitrogens is 4. The monoisotopic (exact) mass is 524 g/mol. The summed E-state index contributed by atoms with van der Waals surface area (Å²) in [4.78, 5) is 21.4. The van der Waals surface area contributed by atoms with Crippen LogP contribution in [0.1, 0.15) is 83.6 Å². The van der Waals surface area contributed by atoms with Gasteiger partial charge in [-0.05, 0) is 44.2 Å². The fourth-order valence-corrected chi connectivity index (χ4v) is 6.63. The summed E-state index contributed by atoms with van der Waals surface area (Å²) in [5, 5.41) is 9.05. The molecule has 0 atom stereocenters. The molecule has 2 heterocycles. The van der Waals surface area contributed by atoms with Gasteiger partial charge in [-0.1, -0.05) is 44.7 Å². The Kier molecular flexibility index (Phi) is 7.85. The van der Waals surface area contributed by atoms with Gasteiger partial charge in [-0.15, -0.1) is 0 Å². The average Bonchev–Trinajstić information content (AvgIpc) is 3.29. The van der Waals surface area contributed by atoms with Gasteiger partial charge in [-0.25, -0.2) is 22.8 Å². The first-order valence-electron chi connectivity index (χ1n) is 13.6. The second-order valence-electron chi connectivity index (χ2n) is 10.3. The van der Waals surface area contributed by atoms with Gasteiger partial charge in [-0.3, -0.25) is 4.79 Å². The number of fused-ring (bicyclic) bond motifs is 1. The highest BCUT2D eigenvalue weighted by atomic mass is 32.2. The molecule has 198 valence electrons. The second-order valence-corrected chi connectivity index (χ2v) is 12.0. The number of carbonyl (C=O) groups excluding carboxylic acids is 1. The molecule has 5 rings (SSSR count). The third-order valence-electron chi connectivity index (χ3n) is 7.49. The van der Waals surface area contributed by atoms with Gasteiger partial charge in [-0.2, -0.15) is 10.1 Å². The second kappa shape index (κ2) is 11.3. The van der Waals surface area contributed by atoms with Crippen molar-refractivity contribution in [2.45, 2.75) is 94.5 Å². The number of hydrogen-bond donors (Lipinski definition) is 2. The van der Waals surface area contributed by atoms with Crippen LogP contribution in [0.4, 0.5) is 5.95 Å². The zero-order chi connectivity index (χ0) is 25.8. The molecule has 37 heavy (non-hydrogen) atoms. The summed E-state index contributed by atoms with van der Waals surface area (Å²) in [5.41, 5.74) is 2.26. The third-order valence-corrected chi connectivity index (χ3v) is 9.02. The number of rotatable bonds is 9. The minimum Gasteiger partial charge on any atom is -0.354 e. The van der Waals surface area contributed by atoms with Crippen molar-refractivity contribution in [2.24, 2.45) is 0 Å². The Bertz CT molecular complexity index is 1340. The van der Waals surface area contributed by atoms with E-state index in [4.69, 9.17) is 10.1 Å². The van der Waals surface area contributed by atoms with Gasteiger partial charge in [0.2, 0.25) is 16.0 Å². The van der Waals surface area contributed by atoms with E-state index in [0.29, 0.717) is 24.6 Å². The van der Waals surface area contributed by atoms with Crippen molar-refractivity contribution in [1.82, 2.24) is 24.5 Å². The van der Waals surface area contributed by atoms with Gasteiger partial charge in [0, 0.05) is 37.2 Å². The highest BCUT2D eigenvalue weighted by Crippen LogP contribution is 2.34. The largest absolute Gasteiger partial charge is 0.354 e. The van der Waals surface area contributed by atoms with Crippen LogP contribution in [0.5, 0.6) is 0 Å². The van der Waals surface area contributed by atoms with Crippen LogP contribution in [0, 0.1) is 0 Å². The highest BCUT2D eigenvalue weighted by Gasteiger charge is 2.26. The lowest BCUT2D eigenvalue weighted by Gasteiger charge is -2.22. The van der Waals surface area contributed by atoms with E-state index in [2.05, 4.69) is 21.9 Å². The van der Waals surface area contributed by atoms with E-state index in [1.807, 2.05) is 4.68 Å². The molecule has 2 aromatic heterocycles. The number of Topliss-reactive ketones (excluding diaryl/α,β-unsaturated/α-hetero) is 1. The van der Waals surface area contributed by atoms with Crippen LogP contribution < -0.4 is 10.0 Å². The molecule has 0 aliphatic heterocycles. The molecule has 3 aromatic rings. The number of nitrogens with one attached hydrogen (secondary N) is 2. The maximum Gasteiger partial charge on any atom is 0.240 e. The average molecular weight is 525 g/mol. The van der Waals surface area contributed by atoms with E-state index in [1.54, 1.807) is 30.5 Å². The van der Waals surface area contributed by atoms with E-state index in [9.17, 15) is 13.2 Å². The van der Waals surface area contributed by atoms with E-state index in [-0.39, 0.29) is 17.0 Å². The Hall–Kier alpha value is -2.85. The van der Waals surface area contributed by atoms with Gasteiger partial charge in [0.1, 0.15) is 11.5 Å². The summed E-state index contributed by atoms with van der Waals surface area (Å²) in [6.07, 6.45) is 11.6. The van der Waals surface area contributed by atoms with Crippen LogP contribution in [-0.2, 0) is 14.8 Å². The number of benzene rings is 1. The zero-order valence-electron chi connectivity index (χ0n) is 21.4. The number of hydrogen-bond acceptors (Lipinski definition) is 7. The summed E-state index contributed by atoms with van der Waals surface area (Å²) in [6, 6.07) is 7.00. The van der Waals surface area contributed by atoms with Crippen molar-refractivity contribution in [1.29, 1.82) is 0 Å². The number of nitrogens with zero attached hydrogens (tertiary/aromatic N) is 4. The van der Waals surface area contributed by atoms with Crippen LogP contribution in [0.25, 0.3) is 22.3 Å². The molecule has 2 aliphatic carbocycles. The number of unbranched alkanes of at least 4 members (excludes halogenated alkanes) is 1. The molecule has 2 N–H and O–H groups in total. The Labute approximate surface area is 218 Å². The van der Waals surface area contributed by atoms with Crippen LogP contribution >= 0.6 is 0 Å². The zero-order valence-corrected chi connectivity index (χ0v) is 22.3. The van der Waals surface area contributed by atoms with E-state index in [1.165, 1.54) is 6.42 Å². The minimum atomic E-state index is -3.58. The normalized spacial score (nSPS) is 17.9. The molecule has 0 radical (unpaired) electrons. The minimum absolute atomic E-state index is 0.0118. The van der Waals surface area contributed by atoms with Gasteiger partial charge < -0.3 is 5.32 Å². The maximum atomic E-state index is 13.0. The molecule has 0 bridgehead atoms. The van der Waals surface area contributed by atoms with E-state index >= 15 is 0 Å². The van der Waals surface area contributed by atoms with Gasteiger partial charge in [0.05, 0.1) is 16.3 Å². The Morgan fingerprint density at radius 3 is 2.46 bits per heavy atom. The predicted molar refractivity (Wildman–Crippen MR) is 144 cm³/mol. The summed E-state index contributed by atoms with van der Waals surface area (Å²) >= 11 is 0. The van der Waals surface area contributed by atoms with E-state index < -0.39 is 10.0 Å². The van der Waals surface area contributed by atoms with Crippen molar-refractivity contribution in [3.63, 3.8) is 0 Å². The molecule has 2 aliphatic rings. The quantitative estimate of drug-likeness (QED) is 0.378. The lowest BCUT2D eigenvalue weighted by molar-refractivity contribution is -0.120. The summed E-state index contributed by atoms with van der Waals surface area (Å²) in [5.74, 6) is 0.860. The lowest BCUT2D eigenvalue weighted by Crippen LogP contribution is -2.36. The Morgan fingerprint density at radius 1 is 1.03 bits per heavy atom. The third kappa shape index (κ3) is 5.85. The number of carbonyl (C=O) groups is 1. The molecule has 2 fully saturated rings. The van der Waals surface area contributed by atoms with Crippen molar-refractivity contribution in [2.75, 3.05) is 11.9 Å². The molecular weight excluding hydrogens is 488 g/mol. The summed E-state index contributed by atoms with van der Waals surface area (Å²) in [7, 11) is -3.58. The van der Waals surface area contributed by atoms with Crippen LogP contribution in [0.2, 0.25) is 0 Å². The maximum absolute atomic E-state index is 13.0. The molecular formula is C27H36N6O3S. The van der Waals surface area contributed by atoms with Crippen LogP contribution in [0.3, 0.4) is 0 Å². The molecule has 0 saturated heterocycles. The van der Waals surface area contributed by atoms with Gasteiger partial charge >= 0.3 is 0 Å². The fraction of sp³-hybridized carbons (Fsp3) is 0.556. The fourth-order valence-electron chi connectivity index (χ4n) is 5.32. The summed E-state index contributed by atoms with van der Waals surface area (Å²) in [6.45, 7) is 2.94. The van der Waals surface area contributed by atoms with E-state index in [0.717, 1.165) is 80.2 Å². The Morgan fingerprint density at radius 2 is 1.76 bits per heavy atom. The van der Waals surface area contributed by atoms with Crippen LogP contribution in [-0.4, -0.2) is 46.5 Å². The first-order valence-corrected chi connectivity index (χ1v) is 15.1. The first-order chi connectivity index (χ1) is 17.9. The number of sulfonamides is 1.